The lowest BCUT2D eigenvalue weighted by molar-refractivity contribution is -0.122. The number of benzene rings is 1. The highest BCUT2D eigenvalue weighted by atomic mass is 35.5. The molecule has 1 N–H and O–H groups in total. The van der Waals surface area contributed by atoms with E-state index in [1.54, 1.807) is 0 Å². The van der Waals surface area contributed by atoms with Crippen molar-refractivity contribution in [2.24, 2.45) is 0 Å². The van der Waals surface area contributed by atoms with Gasteiger partial charge in [-0.15, -0.1) is 0 Å². The fourth-order valence-electron chi connectivity index (χ4n) is 3.98. The quantitative estimate of drug-likeness (QED) is 0.822. The topological polar surface area (TPSA) is 44.8 Å². The second-order valence-electron chi connectivity index (χ2n) is 7.53. The molecule has 1 aromatic carbocycles. The minimum Gasteiger partial charge on any atom is -0.379 e. The molecule has 2 aliphatic rings. The molecule has 1 aromatic rings. The molecule has 0 saturated carbocycles. The molecule has 2 aliphatic heterocycles. The summed E-state index contributed by atoms with van der Waals surface area (Å²) < 4.78 is 5.53. The van der Waals surface area contributed by atoms with Gasteiger partial charge in [0.15, 0.2) is 0 Å². The zero-order valence-electron chi connectivity index (χ0n) is 15.7. The van der Waals surface area contributed by atoms with Crippen molar-refractivity contribution in [3.05, 3.63) is 34.9 Å². The van der Waals surface area contributed by atoms with Gasteiger partial charge in [-0.3, -0.25) is 9.69 Å². The summed E-state index contributed by atoms with van der Waals surface area (Å²) in [6, 6.07) is 7.74. The number of likely N-dealkylation sites (tertiary alicyclic amines) is 1. The lowest BCUT2D eigenvalue weighted by atomic mass is 9.85. The SMILES string of the molecule is CN1CCC(CNC(=O)CCc2cccc(Cl)c2)(N2CCOCC2)CC1. The van der Waals surface area contributed by atoms with Gasteiger partial charge in [-0.25, -0.2) is 0 Å². The van der Waals surface area contributed by atoms with E-state index in [1.807, 2.05) is 24.3 Å². The Morgan fingerprint density at radius 2 is 1.96 bits per heavy atom. The van der Waals surface area contributed by atoms with Crippen LogP contribution in [0.4, 0.5) is 0 Å². The van der Waals surface area contributed by atoms with Gasteiger partial charge in [-0.1, -0.05) is 23.7 Å². The van der Waals surface area contributed by atoms with Crippen LogP contribution < -0.4 is 5.32 Å². The van der Waals surface area contributed by atoms with Crippen LogP contribution in [-0.4, -0.2) is 74.2 Å². The molecule has 2 heterocycles. The number of nitrogens with one attached hydrogen (secondary N) is 1. The summed E-state index contributed by atoms with van der Waals surface area (Å²) >= 11 is 6.02. The van der Waals surface area contributed by atoms with E-state index >= 15 is 0 Å². The van der Waals surface area contributed by atoms with Gasteiger partial charge in [0, 0.05) is 36.6 Å². The van der Waals surface area contributed by atoms with Crippen molar-refractivity contribution in [2.45, 2.75) is 31.2 Å². The maximum absolute atomic E-state index is 12.4. The van der Waals surface area contributed by atoms with Crippen LogP contribution >= 0.6 is 11.6 Å². The summed E-state index contributed by atoms with van der Waals surface area (Å²) in [4.78, 5) is 17.4. The van der Waals surface area contributed by atoms with Crippen molar-refractivity contribution in [1.82, 2.24) is 15.1 Å². The second-order valence-corrected chi connectivity index (χ2v) is 7.97. The van der Waals surface area contributed by atoms with Gasteiger partial charge in [0.25, 0.3) is 0 Å². The van der Waals surface area contributed by atoms with Gasteiger partial charge in [0.1, 0.15) is 0 Å². The highest BCUT2D eigenvalue weighted by Gasteiger charge is 2.39. The Bertz CT molecular complexity index is 596. The smallest absolute Gasteiger partial charge is 0.220 e. The highest BCUT2D eigenvalue weighted by Crippen LogP contribution is 2.29. The molecule has 0 aromatic heterocycles. The number of piperidine rings is 1. The number of hydrogen-bond donors (Lipinski definition) is 1. The lowest BCUT2D eigenvalue weighted by Gasteiger charge is -2.49. The Labute approximate surface area is 161 Å². The van der Waals surface area contributed by atoms with E-state index in [4.69, 9.17) is 16.3 Å². The average Bonchev–Trinajstić information content (AvgIpc) is 2.67. The van der Waals surface area contributed by atoms with E-state index < -0.39 is 0 Å². The molecule has 1 amide bonds. The summed E-state index contributed by atoms with van der Waals surface area (Å²) in [5.74, 6) is 0.122. The molecule has 2 fully saturated rings. The van der Waals surface area contributed by atoms with Crippen LogP contribution in [0.5, 0.6) is 0 Å². The monoisotopic (exact) mass is 379 g/mol. The molecule has 0 spiro atoms. The largest absolute Gasteiger partial charge is 0.379 e. The van der Waals surface area contributed by atoms with E-state index in [1.165, 1.54) is 0 Å². The first kappa shape index (κ1) is 19.6. The Hall–Kier alpha value is -1.14. The van der Waals surface area contributed by atoms with Crippen molar-refractivity contribution in [1.29, 1.82) is 0 Å². The molecule has 144 valence electrons. The number of halogens is 1. The first-order valence-electron chi connectivity index (χ1n) is 9.60. The van der Waals surface area contributed by atoms with Gasteiger partial charge in [-0.05, 0) is 57.1 Å². The van der Waals surface area contributed by atoms with Crippen LogP contribution in [0.3, 0.4) is 0 Å². The van der Waals surface area contributed by atoms with E-state index in [9.17, 15) is 4.79 Å². The van der Waals surface area contributed by atoms with Gasteiger partial charge < -0.3 is 15.0 Å². The first-order chi connectivity index (χ1) is 12.6. The fraction of sp³-hybridized carbons (Fsp3) is 0.650. The molecule has 3 rings (SSSR count). The van der Waals surface area contributed by atoms with Crippen molar-refractivity contribution in [3.63, 3.8) is 0 Å². The summed E-state index contributed by atoms with van der Waals surface area (Å²) in [5, 5.41) is 3.94. The third-order valence-corrected chi connectivity index (χ3v) is 5.98. The third kappa shape index (κ3) is 5.19. The number of carbonyl (C=O) groups excluding carboxylic acids is 1. The van der Waals surface area contributed by atoms with Gasteiger partial charge >= 0.3 is 0 Å². The molecule has 5 nitrogen and oxygen atoms in total. The molecule has 6 heteroatoms. The zero-order chi connectivity index (χ0) is 18.4. The number of carbonyl (C=O) groups is 1. The molecule has 0 unspecified atom stereocenters. The first-order valence-corrected chi connectivity index (χ1v) is 9.98. The minimum absolute atomic E-state index is 0.0714. The van der Waals surface area contributed by atoms with Crippen molar-refractivity contribution < 1.29 is 9.53 Å². The predicted octanol–water partition coefficient (Wildman–Crippen LogP) is 2.19. The van der Waals surface area contributed by atoms with Crippen LogP contribution in [0.1, 0.15) is 24.8 Å². The predicted molar refractivity (Wildman–Crippen MR) is 105 cm³/mol. The molecular weight excluding hydrogens is 350 g/mol. The summed E-state index contributed by atoms with van der Waals surface area (Å²) in [7, 11) is 2.17. The maximum Gasteiger partial charge on any atom is 0.220 e. The Morgan fingerprint density at radius 3 is 2.65 bits per heavy atom. The van der Waals surface area contributed by atoms with Crippen LogP contribution in [0.25, 0.3) is 0 Å². The van der Waals surface area contributed by atoms with E-state index in [2.05, 4.69) is 22.2 Å². The third-order valence-electron chi connectivity index (χ3n) is 5.74. The zero-order valence-corrected chi connectivity index (χ0v) is 16.4. The van der Waals surface area contributed by atoms with Crippen LogP contribution in [0.15, 0.2) is 24.3 Å². The maximum atomic E-state index is 12.4. The molecule has 26 heavy (non-hydrogen) atoms. The molecule has 2 saturated heterocycles. The number of rotatable bonds is 6. The van der Waals surface area contributed by atoms with Gasteiger partial charge in [-0.2, -0.15) is 0 Å². The van der Waals surface area contributed by atoms with E-state index in [-0.39, 0.29) is 11.4 Å². The van der Waals surface area contributed by atoms with Gasteiger partial charge in [0.2, 0.25) is 5.91 Å². The Balaban J connectivity index is 1.54. The number of amides is 1. The van der Waals surface area contributed by atoms with Crippen molar-refractivity contribution >= 4 is 17.5 Å². The van der Waals surface area contributed by atoms with Crippen LogP contribution in [-0.2, 0) is 16.0 Å². The Kier molecular flexibility index (Phi) is 6.92. The van der Waals surface area contributed by atoms with Crippen molar-refractivity contribution in [2.75, 3.05) is 53.0 Å². The second kappa shape index (κ2) is 9.18. The summed E-state index contributed by atoms with van der Waals surface area (Å²) in [6.45, 7) is 6.39. The Morgan fingerprint density at radius 1 is 1.23 bits per heavy atom. The number of aryl methyl sites for hydroxylation is 1. The molecule has 0 aliphatic carbocycles. The molecule has 0 atom stereocenters. The number of hydrogen-bond acceptors (Lipinski definition) is 4. The standard InChI is InChI=1S/C20H30ClN3O2/c1-23-9-7-20(8-10-23,24-11-13-26-14-12-24)16-22-19(25)6-5-17-3-2-4-18(21)15-17/h2-4,15H,5-14,16H2,1H3,(H,22,25). The van der Waals surface area contributed by atoms with Crippen molar-refractivity contribution in [3.8, 4) is 0 Å². The summed E-state index contributed by atoms with van der Waals surface area (Å²) in [6.07, 6.45) is 3.41. The summed E-state index contributed by atoms with van der Waals surface area (Å²) in [5.41, 5.74) is 1.18. The highest BCUT2D eigenvalue weighted by molar-refractivity contribution is 6.30. The van der Waals surface area contributed by atoms with E-state index in [0.29, 0.717) is 6.42 Å². The minimum atomic E-state index is 0.0714. The average molecular weight is 380 g/mol. The fourth-order valence-corrected chi connectivity index (χ4v) is 4.19. The van der Waals surface area contributed by atoms with Crippen LogP contribution in [0, 0.1) is 0 Å². The molecular formula is C20H30ClN3O2. The normalized spacial score (nSPS) is 21.5. The number of ether oxygens (including phenoxy) is 1. The molecule has 0 radical (unpaired) electrons. The molecule has 0 bridgehead atoms. The lowest BCUT2D eigenvalue weighted by Crippen LogP contribution is -2.62. The number of morpholine rings is 1. The van der Waals surface area contributed by atoms with Crippen LogP contribution in [0.2, 0.25) is 5.02 Å². The van der Waals surface area contributed by atoms with Gasteiger partial charge in [0.05, 0.1) is 13.2 Å². The van der Waals surface area contributed by atoms with E-state index in [0.717, 1.165) is 75.8 Å². The number of nitrogens with zero attached hydrogens (tertiary/aromatic N) is 2.